The lowest BCUT2D eigenvalue weighted by Crippen LogP contribution is -2.63. The van der Waals surface area contributed by atoms with E-state index < -0.39 is 20.9 Å². The topological polar surface area (TPSA) is 28.7 Å². The van der Waals surface area contributed by atoms with Crippen LogP contribution in [0, 0.1) is 0 Å². The highest BCUT2D eigenvalue weighted by Crippen LogP contribution is 2.65. The maximum absolute atomic E-state index is 6.51. The van der Waals surface area contributed by atoms with Gasteiger partial charge < -0.3 is 4.98 Å². The van der Waals surface area contributed by atoms with Crippen LogP contribution >= 0.6 is 0 Å². The minimum absolute atomic E-state index is 0.0753. The predicted molar refractivity (Wildman–Crippen MR) is 127 cm³/mol. The van der Waals surface area contributed by atoms with Gasteiger partial charge in [-0.1, -0.05) is 37.3 Å². The Balaban J connectivity index is 2.21. The lowest BCUT2D eigenvalue weighted by Gasteiger charge is -2.67. The second-order valence-corrected chi connectivity index (χ2v) is 9.38. The largest absolute Gasteiger partial charge is 0.353 e. The zero-order chi connectivity index (χ0) is 21.8. The Kier molecular flexibility index (Phi) is 4.10. The van der Waals surface area contributed by atoms with Crippen molar-refractivity contribution < 1.29 is 0 Å². The Morgan fingerprint density at radius 1 is 0.828 bits per heavy atom. The van der Waals surface area contributed by atoms with Gasteiger partial charge in [0.2, 0.25) is 0 Å². The van der Waals surface area contributed by atoms with Crippen LogP contribution in [0.2, 0.25) is 10.4 Å². The van der Waals surface area contributed by atoms with E-state index in [1.165, 1.54) is 0 Å². The quantitative estimate of drug-likeness (QED) is 0.596. The highest BCUT2D eigenvalue weighted by molar-refractivity contribution is 6.66. The summed E-state index contributed by atoms with van der Waals surface area (Å²) in [5.74, 6) is 0. The van der Waals surface area contributed by atoms with Gasteiger partial charge in [-0.3, -0.25) is 4.98 Å². The van der Waals surface area contributed by atoms with Crippen LogP contribution in [-0.2, 0) is 15.8 Å². The molecule has 0 aliphatic heterocycles. The lowest BCUT2D eigenvalue weighted by atomic mass is 9.07. The highest BCUT2D eigenvalue weighted by Gasteiger charge is 2.58. The van der Waals surface area contributed by atoms with Gasteiger partial charge in [-0.05, 0) is 28.7 Å². The molecule has 0 amide bonds. The fourth-order valence-electron chi connectivity index (χ4n) is 4.16. The van der Waals surface area contributed by atoms with Crippen molar-refractivity contribution in [3.63, 3.8) is 0 Å². The fourth-order valence-corrected chi connectivity index (χ4v) is 4.16. The molecule has 0 atom stereocenters. The first-order valence-electron chi connectivity index (χ1n) is 9.32. The second kappa shape index (κ2) is 5.68. The van der Waals surface area contributed by atoms with Crippen LogP contribution in [0.1, 0.15) is 37.6 Å². The summed E-state index contributed by atoms with van der Waals surface area (Å²) >= 11 is 0. The van der Waals surface area contributed by atoms with Crippen LogP contribution in [0.3, 0.4) is 0 Å². The molecule has 1 aliphatic rings. The average Bonchev–Trinajstić information content (AvgIpc) is 2.96. The molecule has 124 valence electrons. The van der Waals surface area contributed by atoms with Crippen molar-refractivity contribution in [2.24, 2.45) is 0 Å². The number of fused-ring (bicyclic) bond motifs is 5. The Morgan fingerprint density at radius 2 is 1.41 bits per heavy atom. The maximum atomic E-state index is 6.51. The Hall–Kier alpha value is -1.31. The summed E-state index contributed by atoms with van der Waals surface area (Å²) in [4.78, 5) is 7.73. The van der Waals surface area contributed by atoms with Gasteiger partial charge in [-0.2, -0.15) is 0 Å². The van der Waals surface area contributed by atoms with Crippen LogP contribution < -0.4 is 0 Å². The molecule has 1 N–H and O–H groups in total. The van der Waals surface area contributed by atoms with Crippen molar-refractivity contribution in [3.05, 3.63) is 41.2 Å². The molecule has 2 heterocycles. The third-order valence-corrected chi connectivity index (χ3v) is 6.36. The molecular formula is C19H14B8N2. The molecule has 1 aliphatic carbocycles. The number of hydrogen-bond donors (Lipinski definition) is 1. The summed E-state index contributed by atoms with van der Waals surface area (Å²) in [6, 6.07) is 6.12. The molecule has 29 heavy (non-hydrogen) atoms. The molecular weight excluding hydrogens is 343 g/mol. The Bertz CT molecular complexity index is 1150. The fraction of sp³-hybridized carbons (Fsp3) is 0.421. The molecule has 0 unspecified atom stereocenters. The van der Waals surface area contributed by atoms with E-state index in [1.54, 1.807) is 6.20 Å². The van der Waals surface area contributed by atoms with Gasteiger partial charge in [0.05, 0.1) is 74.5 Å². The zero-order valence-electron chi connectivity index (χ0n) is 16.9. The number of pyridine rings is 1. The van der Waals surface area contributed by atoms with Gasteiger partial charge >= 0.3 is 0 Å². The molecule has 10 heteroatoms. The zero-order valence-corrected chi connectivity index (χ0v) is 16.9. The first kappa shape index (κ1) is 20.9. The minimum atomic E-state index is -2.04. The van der Waals surface area contributed by atoms with E-state index in [2.05, 4.69) is 42.9 Å². The SMILES string of the molecule is [B]C1([B])c2ncc3[nH]c4ccc(C(C)(C)C)cc4c3c2C([B])([B])C([B])([B])C1([B])[B]. The van der Waals surface area contributed by atoms with Crippen LogP contribution in [0.25, 0.3) is 21.8 Å². The normalized spacial score (nSPS) is 21.8. The van der Waals surface area contributed by atoms with Crippen molar-refractivity contribution >= 4 is 84.6 Å². The van der Waals surface area contributed by atoms with E-state index in [1.807, 2.05) is 6.07 Å². The molecule has 0 fully saturated rings. The van der Waals surface area contributed by atoms with Crippen LogP contribution in [0.5, 0.6) is 0 Å². The summed E-state index contributed by atoms with van der Waals surface area (Å²) in [5.41, 5.74) is 3.10. The molecule has 0 saturated carbocycles. The molecule has 0 spiro atoms. The standard InChI is InChI=1S/C19H14B8N2/c1-15(2,3)8-4-5-10-9(6-8)12-11(29-10)7-28-14-13(12)16(20,21)18(24,25)19(26,27)17(14,22)23/h4-7,29H,1-3H3. The third-order valence-electron chi connectivity index (χ3n) is 6.36. The van der Waals surface area contributed by atoms with E-state index in [0.29, 0.717) is 16.5 Å². The second-order valence-electron chi connectivity index (χ2n) is 9.38. The summed E-state index contributed by atoms with van der Waals surface area (Å²) in [6.07, 6.45) is 1.60. The highest BCUT2D eigenvalue weighted by atomic mass is 14.8. The number of nitrogens with one attached hydrogen (secondary N) is 1. The summed E-state index contributed by atoms with van der Waals surface area (Å²) in [5, 5.41) is -6.27. The number of H-pyrrole nitrogens is 1. The molecule has 0 bridgehead atoms. The monoisotopic (exact) mass is 358 g/mol. The summed E-state index contributed by atoms with van der Waals surface area (Å²) < 4.78 is 0. The predicted octanol–water partition coefficient (Wildman–Crippen LogP) is 0.913. The molecule has 3 aromatic rings. The first-order chi connectivity index (χ1) is 13.0. The van der Waals surface area contributed by atoms with Crippen molar-refractivity contribution in [1.29, 1.82) is 0 Å². The van der Waals surface area contributed by atoms with E-state index in [-0.39, 0.29) is 11.1 Å². The first-order valence-corrected chi connectivity index (χ1v) is 9.32. The summed E-state index contributed by atoms with van der Waals surface area (Å²) in [7, 11) is 50.7. The van der Waals surface area contributed by atoms with Gasteiger partial charge in [0.1, 0.15) is 0 Å². The molecule has 1 aromatic carbocycles. The minimum Gasteiger partial charge on any atom is -0.353 e. The smallest absolute Gasteiger partial charge is 0.0691 e. The molecule has 16 radical (unpaired) electrons. The molecule has 2 nitrogen and oxygen atoms in total. The number of benzene rings is 1. The van der Waals surface area contributed by atoms with Gasteiger partial charge in [0, 0.05) is 22.0 Å². The van der Waals surface area contributed by atoms with Crippen molar-refractivity contribution in [2.75, 3.05) is 0 Å². The number of rotatable bonds is 0. The molecule has 0 saturated heterocycles. The van der Waals surface area contributed by atoms with Gasteiger partial charge in [0.25, 0.3) is 0 Å². The number of aromatic amines is 1. The molecule has 2 aromatic heterocycles. The lowest BCUT2D eigenvalue weighted by molar-refractivity contribution is 0.476. The van der Waals surface area contributed by atoms with Crippen molar-refractivity contribution in [2.45, 2.75) is 47.0 Å². The number of aromatic nitrogens is 2. The molecule has 4 rings (SSSR count). The van der Waals surface area contributed by atoms with Gasteiger partial charge in [0.15, 0.2) is 0 Å². The van der Waals surface area contributed by atoms with E-state index >= 15 is 0 Å². The summed E-state index contributed by atoms with van der Waals surface area (Å²) in [6.45, 7) is 6.38. The van der Waals surface area contributed by atoms with E-state index in [9.17, 15) is 0 Å². The average molecular weight is 357 g/mol. The maximum Gasteiger partial charge on any atom is 0.0691 e. The van der Waals surface area contributed by atoms with Crippen molar-refractivity contribution in [3.8, 4) is 0 Å². The Labute approximate surface area is 182 Å². The van der Waals surface area contributed by atoms with Gasteiger partial charge in [-0.25, -0.2) is 0 Å². The number of hydrogen-bond acceptors (Lipinski definition) is 1. The van der Waals surface area contributed by atoms with Crippen molar-refractivity contribution in [1.82, 2.24) is 9.97 Å². The Morgan fingerprint density at radius 3 is 2.00 bits per heavy atom. The number of nitrogens with zero attached hydrogens (tertiary/aromatic N) is 1. The van der Waals surface area contributed by atoms with E-state index in [4.69, 9.17) is 62.8 Å². The van der Waals surface area contributed by atoms with E-state index in [0.717, 1.165) is 16.5 Å². The third kappa shape index (κ3) is 2.44. The van der Waals surface area contributed by atoms with Crippen LogP contribution in [0.4, 0.5) is 0 Å². The van der Waals surface area contributed by atoms with Gasteiger partial charge in [-0.15, -0.1) is 10.4 Å². The van der Waals surface area contributed by atoms with Crippen LogP contribution in [0.15, 0.2) is 24.4 Å². The van der Waals surface area contributed by atoms with Crippen LogP contribution in [-0.4, -0.2) is 72.7 Å².